The van der Waals surface area contributed by atoms with E-state index < -0.39 is 6.04 Å². The molecule has 1 N–H and O–H groups in total. The average molecular weight is 394 g/mol. The number of nitrogens with one attached hydrogen (secondary N) is 1. The molecule has 7 heteroatoms. The van der Waals surface area contributed by atoms with Crippen molar-refractivity contribution in [2.75, 3.05) is 0 Å². The molecule has 0 spiro atoms. The number of amides is 1. The van der Waals surface area contributed by atoms with Crippen molar-refractivity contribution in [3.8, 4) is 17.2 Å². The van der Waals surface area contributed by atoms with Crippen LogP contribution < -0.4 is 10.1 Å². The fourth-order valence-corrected chi connectivity index (χ4v) is 3.57. The summed E-state index contributed by atoms with van der Waals surface area (Å²) in [7, 11) is 0. The molecular formula is C21H18N2O4S. The van der Waals surface area contributed by atoms with Crippen LogP contribution in [-0.2, 0) is 17.8 Å². The maximum Gasteiger partial charge on any atom is 0.287 e. The number of carbonyl (C=O) groups excluding carboxylic acids is 2. The van der Waals surface area contributed by atoms with Gasteiger partial charge in [0.2, 0.25) is 11.0 Å². The van der Waals surface area contributed by atoms with Crippen molar-refractivity contribution in [2.45, 2.75) is 26.0 Å². The molecule has 2 heterocycles. The van der Waals surface area contributed by atoms with E-state index >= 15 is 0 Å². The van der Waals surface area contributed by atoms with E-state index in [4.69, 9.17) is 9.15 Å². The fourth-order valence-electron chi connectivity index (χ4n) is 2.90. The SMILES string of the molecule is Cc1oc(-c2ccccc2)nc1COc1ccc(CC2NC(=O)SC2=O)cc1. The average Bonchev–Trinajstić information content (AvgIpc) is 3.23. The van der Waals surface area contributed by atoms with E-state index in [1.165, 1.54) is 0 Å². The second-order valence-corrected chi connectivity index (χ2v) is 7.41. The molecule has 0 bridgehead atoms. The zero-order valence-electron chi connectivity index (χ0n) is 15.2. The minimum Gasteiger partial charge on any atom is -0.487 e. The van der Waals surface area contributed by atoms with E-state index in [-0.39, 0.29) is 10.4 Å². The molecule has 1 fully saturated rings. The van der Waals surface area contributed by atoms with Gasteiger partial charge in [-0.3, -0.25) is 9.59 Å². The Kier molecular flexibility index (Phi) is 5.16. The second kappa shape index (κ2) is 7.90. The summed E-state index contributed by atoms with van der Waals surface area (Å²) in [6.45, 7) is 2.17. The smallest absolute Gasteiger partial charge is 0.287 e. The Labute approximate surface area is 166 Å². The fraction of sp³-hybridized carbons (Fsp3) is 0.190. The number of aryl methyl sites for hydroxylation is 1. The highest BCUT2D eigenvalue weighted by Gasteiger charge is 2.31. The van der Waals surface area contributed by atoms with Gasteiger partial charge in [-0.1, -0.05) is 30.3 Å². The number of aromatic nitrogens is 1. The first-order chi connectivity index (χ1) is 13.6. The molecule has 0 aliphatic carbocycles. The second-order valence-electron chi connectivity index (χ2n) is 6.43. The molecule has 0 saturated carbocycles. The van der Waals surface area contributed by atoms with Gasteiger partial charge in [-0.25, -0.2) is 4.98 Å². The summed E-state index contributed by atoms with van der Waals surface area (Å²) in [6, 6.07) is 16.7. The van der Waals surface area contributed by atoms with Crippen LogP contribution in [0.3, 0.4) is 0 Å². The predicted molar refractivity (Wildman–Crippen MR) is 106 cm³/mol. The Hall–Kier alpha value is -3.06. The van der Waals surface area contributed by atoms with Crippen LogP contribution in [0.4, 0.5) is 4.79 Å². The highest BCUT2D eigenvalue weighted by atomic mass is 32.2. The molecule has 1 aliphatic rings. The van der Waals surface area contributed by atoms with E-state index in [0.717, 1.165) is 34.3 Å². The summed E-state index contributed by atoms with van der Waals surface area (Å²) in [6.07, 6.45) is 0.473. The van der Waals surface area contributed by atoms with Gasteiger partial charge in [0.1, 0.15) is 29.9 Å². The van der Waals surface area contributed by atoms with Crippen molar-refractivity contribution in [1.82, 2.24) is 10.3 Å². The third-order valence-electron chi connectivity index (χ3n) is 4.42. The van der Waals surface area contributed by atoms with Gasteiger partial charge in [-0.2, -0.15) is 0 Å². The minimum atomic E-state index is -0.460. The highest BCUT2D eigenvalue weighted by Crippen LogP contribution is 2.23. The molecule has 4 rings (SSSR count). The number of oxazole rings is 1. The van der Waals surface area contributed by atoms with Crippen LogP contribution in [0.2, 0.25) is 0 Å². The molecule has 3 aromatic rings. The summed E-state index contributed by atoms with van der Waals surface area (Å²) in [5, 5.41) is 2.24. The summed E-state index contributed by atoms with van der Waals surface area (Å²) in [4.78, 5) is 27.5. The lowest BCUT2D eigenvalue weighted by Crippen LogP contribution is -2.30. The van der Waals surface area contributed by atoms with Crippen LogP contribution in [0, 0.1) is 6.92 Å². The lowest BCUT2D eigenvalue weighted by Gasteiger charge is -2.09. The van der Waals surface area contributed by atoms with Gasteiger partial charge >= 0.3 is 0 Å². The van der Waals surface area contributed by atoms with Crippen molar-refractivity contribution in [2.24, 2.45) is 0 Å². The predicted octanol–water partition coefficient (Wildman–Crippen LogP) is 4.12. The Morgan fingerprint density at radius 3 is 2.54 bits per heavy atom. The van der Waals surface area contributed by atoms with E-state index in [1.54, 1.807) is 0 Å². The van der Waals surface area contributed by atoms with Crippen LogP contribution in [0.1, 0.15) is 17.0 Å². The maximum atomic E-state index is 11.7. The summed E-state index contributed by atoms with van der Waals surface area (Å²) in [5.74, 6) is 2.00. The molecule has 1 aromatic heterocycles. The summed E-state index contributed by atoms with van der Waals surface area (Å²) < 4.78 is 11.6. The van der Waals surface area contributed by atoms with Crippen LogP contribution in [0.5, 0.6) is 5.75 Å². The van der Waals surface area contributed by atoms with Crippen LogP contribution >= 0.6 is 11.8 Å². The molecule has 6 nitrogen and oxygen atoms in total. The summed E-state index contributed by atoms with van der Waals surface area (Å²) >= 11 is 0.729. The lowest BCUT2D eigenvalue weighted by molar-refractivity contribution is -0.112. The van der Waals surface area contributed by atoms with Crippen molar-refractivity contribution >= 4 is 22.1 Å². The molecular weight excluding hydrogens is 376 g/mol. The van der Waals surface area contributed by atoms with Crippen LogP contribution in [0.15, 0.2) is 59.0 Å². The largest absolute Gasteiger partial charge is 0.487 e. The van der Waals surface area contributed by atoms with Gasteiger partial charge in [-0.15, -0.1) is 0 Å². The number of thioether (sulfide) groups is 1. The number of hydrogen-bond acceptors (Lipinski definition) is 6. The van der Waals surface area contributed by atoms with Crippen molar-refractivity contribution in [1.29, 1.82) is 0 Å². The Morgan fingerprint density at radius 2 is 1.86 bits per heavy atom. The molecule has 0 radical (unpaired) electrons. The molecule has 1 saturated heterocycles. The van der Waals surface area contributed by atoms with Gasteiger partial charge in [0.05, 0.1) is 0 Å². The minimum absolute atomic E-state index is 0.138. The quantitative estimate of drug-likeness (QED) is 0.677. The zero-order valence-corrected chi connectivity index (χ0v) is 16.0. The number of rotatable bonds is 6. The zero-order chi connectivity index (χ0) is 19.5. The lowest BCUT2D eigenvalue weighted by atomic mass is 10.1. The van der Waals surface area contributed by atoms with E-state index in [1.807, 2.05) is 61.5 Å². The number of hydrogen-bond donors (Lipinski definition) is 1. The monoisotopic (exact) mass is 394 g/mol. The Bertz CT molecular complexity index is 999. The van der Waals surface area contributed by atoms with Crippen molar-refractivity contribution < 1.29 is 18.7 Å². The van der Waals surface area contributed by atoms with Crippen LogP contribution in [0.25, 0.3) is 11.5 Å². The van der Waals surface area contributed by atoms with Gasteiger partial charge in [0.25, 0.3) is 5.24 Å². The van der Waals surface area contributed by atoms with Crippen molar-refractivity contribution in [3.63, 3.8) is 0 Å². The maximum absolute atomic E-state index is 11.7. The first-order valence-electron chi connectivity index (χ1n) is 8.84. The molecule has 142 valence electrons. The third kappa shape index (κ3) is 4.09. The van der Waals surface area contributed by atoms with E-state index in [2.05, 4.69) is 10.3 Å². The molecule has 1 atom stereocenters. The van der Waals surface area contributed by atoms with E-state index in [0.29, 0.717) is 24.7 Å². The van der Waals surface area contributed by atoms with Gasteiger partial charge in [0.15, 0.2) is 0 Å². The number of benzene rings is 2. The van der Waals surface area contributed by atoms with Gasteiger partial charge in [0, 0.05) is 23.7 Å². The van der Waals surface area contributed by atoms with Crippen molar-refractivity contribution in [3.05, 3.63) is 71.6 Å². The van der Waals surface area contributed by atoms with E-state index in [9.17, 15) is 9.59 Å². The molecule has 1 aliphatic heterocycles. The summed E-state index contributed by atoms with van der Waals surface area (Å²) in [5.41, 5.74) is 2.63. The molecule has 1 unspecified atom stereocenters. The number of carbonyl (C=O) groups is 2. The normalized spacial score (nSPS) is 16.2. The van der Waals surface area contributed by atoms with Gasteiger partial charge in [-0.05, 0) is 36.8 Å². The molecule has 2 aromatic carbocycles. The Morgan fingerprint density at radius 1 is 1.11 bits per heavy atom. The number of nitrogens with zero attached hydrogens (tertiary/aromatic N) is 1. The van der Waals surface area contributed by atoms with Gasteiger partial charge < -0.3 is 14.5 Å². The third-order valence-corrected chi connectivity index (χ3v) is 5.21. The molecule has 28 heavy (non-hydrogen) atoms. The Balaban J connectivity index is 1.37. The van der Waals surface area contributed by atoms with Crippen LogP contribution in [-0.4, -0.2) is 21.4 Å². The standard InChI is InChI=1S/C21H18N2O4S/c1-13-18(22-19(27-13)15-5-3-2-4-6-15)12-26-16-9-7-14(8-10-16)11-17-20(24)28-21(25)23-17/h2-10,17H,11-12H2,1H3,(H,23,25). The first kappa shape index (κ1) is 18.3. The molecule has 1 amide bonds. The topological polar surface area (TPSA) is 81.4 Å². The highest BCUT2D eigenvalue weighted by molar-refractivity contribution is 8.26. The first-order valence-corrected chi connectivity index (χ1v) is 9.66. The number of ether oxygens (including phenoxy) is 1.